The molecule has 0 spiro atoms. The smallest absolute Gasteiger partial charge is 0.110 e. The van der Waals surface area contributed by atoms with Gasteiger partial charge in [-0.25, -0.2) is 4.98 Å². The molecule has 2 rings (SSSR count). The molecule has 2 unspecified atom stereocenters. The number of nitrogens with zero attached hydrogens (tertiary/aromatic N) is 1. The van der Waals surface area contributed by atoms with Gasteiger partial charge in [0.1, 0.15) is 5.01 Å². The molecule has 0 bridgehead atoms. The van der Waals surface area contributed by atoms with Crippen LogP contribution in [-0.4, -0.2) is 4.98 Å². The van der Waals surface area contributed by atoms with Crippen LogP contribution < -0.4 is 5.32 Å². The van der Waals surface area contributed by atoms with Crippen LogP contribution in [0.15, 0.2) is 23.6 Å². The van der Waals surface area contributed by atoms with Gasteiger partial charge in [0.15, 0.2) is 0 Å². The highest BCUT2D eigenvalue weighted by molar-refractivity contribution is 7.09. The molecule has 3 heteroatoms. The van der Waals surface area contributed by atoms with Gasteiger partial charge < -0.3 is 5.32 Å². The summed E-state index contributed by atoms with van der Waals surface area (Å²) < 4.78 is 0. The maximum Gasteiger partial charge on any atom is 0.110 e. The number of rotatable bonds is 4. The van der Waals surface area contributed by atoms with E-state index in [0.717, 1.165) is 10.7 Å². The van der Waals surface area contributed by atoms with E-state index in [1.54, 1.807) is 11.3 Å². The molecule has 0 aliphatic carbocycles. The van der Waals surface area contributed by atoms with Gasteiger partial charge in [-0.1, -0.05) is 29.3 Å². The molecule has 0 saturated heterocycles. The van der Waals surface area contributed by atoms with E-state index in [9.17, 15) is 0 Å². The van der Waals surface area contributed by atoms with Crippen molar-refractivity contribution in [2.45, 2.75) is 46.7 Å². The number of benzene rings is 1. The minimum atomic E-state index is 0.287. The largest absolute Gasteiger partial charge is 0.302 e. The Hall–Kier alpha value is -1.19. The summed E-state index contributed by atoms with van der Waals surface area (Å²) in [5.74, 6) is 0. The monoisotopic (exact) mass is 274 g/mol. The summed E-state index contributed by atoms with van der Waals surface area (Å²) in [4.78, 5) is 4.55. The van der Waals surface area contributed by atoms with E-state index in [-0.39, 0.29) is 6.04 Å². The highest BCUT2D eigenvalue weighted by atomic mass is 32.1. The Kier molecular flexibility index (Phi) is 4.38. The molecule has 1 aromatic heterocycles. The molecule has 2 aromatic rings. The van der Waals surface area contributed by atoms with Crippen LogP contribution in [-0.2, 0) is 0 Å². The third-order valence-corrected chi connectivity index (χ3v) is 4.40. The second-order valence-electron chi connectivity index (χ2n) is 5.36. The number of hydrogen-bond donors (Lipinski definition) is 1. The van der Waals surface area contributed by atoms with Gasteiger partial charge in [-0.3, -0.25) is 0 Å². The lowest BCUT2D eigenvalue weighted by Gasteiger charge is -2.19. The summed E-state index contributed by atoms with van der Waals surface area (Å²) in [6, 6.07) is 7.34. The Morgan fingerprint density at radius 1 is 1.00 bits per heavy atom. The second kappa shape index (κ2) is 5.85. The van der Waals surface area contributed by atoms with Crippen molar-refractivity contribution in [2.75, 3.05) is 0 Å². The van der Waals surface area contributed by atoms with Crippen LogP contribution in [0.4, 0.5) is 0 Å². The second-order valence-corrected chi connectivity index (χ2v) is 6.25. The highest BCUT2D eigenvalue weighted by Crippen LogP contribution is 2.23. The van der Waals surface area contributed by atoms with Gasteiger partial charge >= 0.3 is 0 Å². The number of hydrogen-bond acceptors (Lipinski definition) is 3. The predicted molar refractivity (Wildman–Crippen MR) is 82.7 cm³/mol. The fourth-order valence-corrected chi connectivity index (χ4v) is 3.19. The van der Waals surface area contributed by atoms with Crippen molar-refractivity contribution >= 4 is 11.3 Å². The minimum absolute atomic E-state index is 0.287. The average Bonchev–Trinajstić information content (AvgIpc) is 2.74. The van der Waals surface area contributed by atoms with Gasteiger partial charge in [0.2, 0.25) is 0 Å². The van der Waals surface area contributed by atoms with Crippen molar-refractivity contribution in [3.05, 3.63) is 51.0 Å². The van der Waals surface area contributed by atoms with E-state index >= 15 is 0 Å². The molecule has 0 saturated carbocycles. The fraction of sp³-hybridized carbons (Fsp3) is 0.438. The number of nitrogens with one attached hydrogen (secondary N) is 1. The first-order chi connectivity index (χ1) is 8.95. The minimum Gasteiger partial charge on any atom is -0.302 e. The standard InChI is InChI=1S/C16H22N2S/c1-10-6-11(2)8-15(7-10)13(4)18-14(5)16-17-12(3)9-19-16/h6-9,13-14,18H,1-5H3. The Balaban J connectivity index is 2.10. The molecule has 102 valence electrons. The molecule has 1 heterocycles. The van der Waals surface area contributed by atoms with E-state index in [2.05, 4.69) is 61.6 Å². The molecule has 1 N–H and O–H groups in total. The van der Waals surface area contributed by atoms with Crippen LogP contribution in [0.2, 0.25) is 0 Å². The van der Waals surface area contributed by atoms with Crippen LogP contribution in [0, 0.1) is 20.8 Å². The van der Waals surface area contributed by atoms with Crippen LogP contribution in [0.3, 0.4) is 0 Å². The third kappa shape index (κ3) is 3.64. The van der Waals surface area contributed by atoms with Gasteiger partial charge in [0.25, 0.3) is 0 Å². The van der Waals surface area contributed by atoms with Crippen molar-refractivity contribution < 1.29 is 0 Å². The Labute approximate surface area is 119 Å². The van der Waals surface area contributed by atoms with E-state index in [1.165, 1.54) is 16.7 Å². The molecule has 2 atom stereocenters. The number of aromatic nitrogens is 1. The lowest BCUT2D eigenvalue weighted by Crippen LogP contribution is -2.22. The zero-order chi connectivity index (χ0) is 14.0. The fourth-order valence-electron chi connectivity index (χ4n) is 2.37. The number of thiazole rings is 1. The average molecular weight is 274 g/mol. The van der Waals surface area contributed by atoms with Gasteiger partial charge in [-0.2, -0.15) is 0 Å². The van der Waals surface area contributed by atoms with Gasteiger partial charge in [-0.15, -0.1) is 11.3 Å². The third-order valence-electron chi connectivity index (χ3n) is 3.25. The number of aryl methyl sites for hydroxylation is 3. The molecule has 2 nitrogen and oxygen atoms in total. The van der Waals surface area contributed by atoms with Crippen LogP contribution in [0.25, 0.3) is 0 Å². The van der Waals surface area contributed by atoms with E-state index in [1.807, 2.05) is 6.92 Å². The summed E-state index contributed by atoms with van der Waals surface area (Å²) in [5.41, 5.74) is 5.09. The molecule has 0 radical (unpaired) electrons. The first-order valence-electron chi connectivity index (χ1n) is 6.72. The zero-order valence-electron chi connectivity index (χ0n) is 12.3. The maximum absolute atomic E-state index is 4.55. The summed E-state index contributed by atoms with van der Waals surface area (Å²) in [6.45, 7) is 10.7. The van der Waals surface area contributed by atoms with Crippen LogP contribution in [0.1, 0.15) is 53.3 Å². The van der Waals surface area contributed by atoms with Crippen LogP contribution >= 0.6 is 11.3 Å². The Morgan fingerprint density at radius 2 is 1.63 bits per heavy atom. The molecule has 1 aromatic carbocycles. The van der Waals surface area contributed by atoms with Gasteiger partial charge in [0.05, 0.1) is 6.04 Å². The van der Waals surface area contributed by atoms with Gasteiger partial charge in [-0.05, 0) is 40.2 Å². The molecule has 0 aliphatic rings. The van der Waals surface area contributed by atoms with E-state index in [0.29, 0.717) is 6.04 Å². The van der Waals surface area contributed by atoms with Crippen molar-refractivity contribution in [1.29, 1.82) is 0 Å². The Morgan fingerprint density at radius 3 is 2.16 bits per heavy atom. The molecule has 0 amide bonds. The first-order valence-corrected chi connectivity index (χ1v) is 7.60. The van der Waals surface area contributed by atoms with E-state index in [4.69, 9.17) is 0 Å². The van der Waals surface area contributed by atoms with Gasteiger partial charge in [0, 0.05) is 17.1 Å². The topological polar surface area (TPSA) is 24.9 Å². The summed E-state index contributed by atoms with van der Waals surface area (Å²) >= 11 is 1.73. The lowest BCUT2D eigenvalue weighted by atomic mass is 10.0. The summed E-state index contributed by atoms with van der Waals surface area (Å²) in [7, 11) is 0. The molecular weight excluding hydrogens is 252 g/mol. The molecular formula is C16H22N2S. The SMILES string of the molecule is Cc1cc(C)cc(C(C)NC(C)c2nc(C)cs2)c1. The molecule has 19 heavy (non-hydrogen) atoms. The normalized spacial score (nSPS) is 14.4. The molecule has 0 fully saturated rings. The highest BCUT2D eigenvalue weighted by Gasteiger charge is 2.14. The van der Waals surface area contributed by atoms with Crippen molar-refractivity contribution in [1.82, 2.24) is 10.3 Å². The van der Waals surface area contributed by atoms with E-state index < -0.39 is 0 Å². The van der Waals surface area contributed by atoms with Crippen molar-refractivity contribution in [3.8, 4) is 0 Å². The zero-order valence-corrected chi connectivity index (χ0v) is 13.1. The maximum atomic E-state index is 4.55. The lowest BCUT2D eigenvalue weighted by molar-refractivity contribution is 0.492. The molecule has 0 aliphatic heterocycles. The summed E-state index contributed by atoms with van der Waals surface area (Å²) in [6.07, 6.45) is 0. The first kappa shape index (κ1) is 14.2. The Bertz CT molecular complexity index is 539. The van der Waals surface area contributed by atoms with Crippen LogP contribution in [0.5, 0.6) is 0 Å². The quantitative estimate of drug-likeness (QED) is 0.889. The van der Waals surface area contributed by atoms with Crippen molar-refractivity contribution in [2.24, 2.45) is 0 Å². The summed E-state index contributed by atoms with van der Waals surface area (Å²) in [5, 5.41) is 6.90. The van der Waals surface area contributed by atoms with Crippen molar-refractivity contribution in [3.63, 3.8) is 0 Å². The predicted octanol–water partition coefficient (Wildman–Crippen LogP) is 4.48.